The number of benzene rings is 3. The third-order valence-electron chi connectivity index (χ3n) is 6.20. The van der Waals surface area contributed by atoms with Gasteiger partial charge in [-0.15, -0.1) is 0 Å². The van der Waals surface area contributed by atoms with Crippen LogP contribution in [0.1, 0.15) is 35.1 Å². The number of hydrogen-bond donors (Lipinski definition) is 1. The molecule has 0 unspecified atom stereocenters. The number of nitrogens with one attached hydrogen (secondary N) is 1. The molecule has 0 spiro atoms. The summed E-state index contributed by atoms with van der Waals surface area (Å²) in [4.78, 5) is 16.9. The molecule has 4 rings (SSSR count). The van der Waals surface area contributed by atoms with Gasteiger partial charge in [0.2, 0.25) is 5.89 Å². The largest absolute Gasteiger partial charge is 0.487 e. The fraction of sp³-hybridized carbons (Fsp3) is 0.267. The Morgan fingerprint density at radius 3 is 2.51 bits per heavy atom. The van der Waals surface area contributed by atoms with Gasteiger partial charge in [0, 0.05) is 17.1 Å². The van der Waals surface area contributed by atoms with Crippen molar-refractivity contribution < 1.29 is 27.1 Å². The molecule has 41 heavy (non-hydrogen) atoms. The number of nitrogens with zero attached hydrogens (tertiary/aromatic N) is 2. The van der Waals surface area contributed by atoms with E-state index >= 15 is 0 Å². The first-order valence-electron chi connectivity index (χ1n) is 13.0. The Kier molecular flexibility index (Phi) is 9.69. The number of oxazole rings is 1. The van der Waals surface area contributed by atoms with Gasteiger partial charge in [0.15, 0.2) is 0 Å². The van der Waals surface area contributed by atoms with E-state index in [1.165, 1.54) is 0 Å². The summed E-state index contributed by atoms with van der Waals surface area (Å²) < 4.78 is 47.2. The maximum atomic E-state index is 13.4. The Morgan fingerprint density at radius 1 is 1.05 bits per heavy atom. The van der Waals surface area contributed by atoms with Gasteiger partial charge < -0.3 is 13.9 Å². The molecule has 1 heterocycles. The molecule has 0 aliphatic rings. The molecule has 216 valence electrons. The second-order valence-corrected chi connectivity index (χ2v) is 11.6. The summed E-state index contributed by atoms with van der Waals surface area (Å²) in [5.74, 6) is 1.01. The van der Waals surface area contributed by atoms with E-state index in [4.69, 9.17) is 25.5 Å². The lowest BCUT2D eigenvalue weighted by Crippen LogP contribution is -2.39. The topological polar surface area (TPSA) is 111 Å². The Balaban J connectivity index is 1.49. The maximum Gasteiger partial charge on any atom is 0.321 e. The first kappa shape index (κ1) is 30.1. The predicted molar refractivity (Wildman–Crippen MR) is 158 cm³/mol. The van der Waals surface area contributed by atoms with E-state index in [1.54, 1.807) is 56.3 Å². The van der Waals surface area contributed by atoms with Crippen molar-refractivity contribution in [3.05, 3.63) is 99.9 Å². The number of aromatic nitrogens is 1. The van der Waals surface area contributed by atoms with Crippen molar-refractivity contribution >= 4 is 33.5 Å². The van der Waals surface area contributed by atoms with Crippen LogP contribution in [0.25, 0.3) is 11.5 Å². The molecule has 0 fully saturated rings. The van der Waals surface area contributed by atoms with Crippen LogP contribution in [0.3, 0.4) is 0 Å². The number of esters is 1. The highest BCUT2D eigenvalue weighted by atomic mass is 35.5. The molecule has 0 aliphatic heterocycles. The van der Waals surface area contributed by atoms with Crippen molar-refractivity contribution in [2.24, 2.45) is 0 Å². The van der Waals surface area contributed by atoms with Gasteiger partial charge in [-0.25, -0.2) is 4.98 Å². The van der Waals surface area contributed by atoms with Gasteiger partial charge in [-0.1, -0.05) is 41.4 Å². The summed E-state index contributed by atoms with van der Waals surface area (Å²) >= 11 is 6.01. The molecule has 4 aromatic rings. The van der Waals surface area contributed by atoms with Crippen molar-refractivity contribution in [1.29, 1.82) is 0 Å². The second kappa shape index (κ2) is 13.2. The first-order chi connectivity index (χ1) is 19.5. The van der Waals surface area contributed by atoms with E-state index in [0.29, 0.717) is 44.9 Å². The zero-order valence-corrected chi connectivity index (χ0v) is 24.9. The summed E-state index contributed by atoms with van der Waals surface area (Å²) in [5.41, 5.74) is 4.28. The number of hydrogen-bond acceptors (Lipinski definition) is 7. The van der Waals surface area contributed by atoms with Crippen molar-refractivity contribution in [3.63, 3.8) is 0 Å². The minimum Gasteiger partial charge on any atom is -0.487 e. The third-order valence-corrected chi connectivity index (χ3v) is 7.85. The molecular weight excluding hydrogens is 566 g/mol. The summed E-state index contributed by atoms with van der Waals surface area (Å²) in [6, 6.07) is 19.7. The third kappa shape index (κ3) is 8.09. The zero-order valence-electron chi connectivity index (χ0n) is 23.3. The SMILES string of the molecule is CCOC(=O)CN(Cc1cccc(OCc2nc(-c3ccc(C)cc3)oc2C)c1)S(=O)(=O)Nc1ccc(Cl)cc1C. The number of aryl methyl sites for hydroxylation is 3. The van der Waals surface area contributed by atoms with E-state index in [0.717, 1.165) is 15.4 Å². The number of halogens is 1. The highest BCUT2D eigenvalue weighted by Gasteiger charge is 2.26. The number of anilines is 1. The van der Waals surface area contributed by atoms with Crippen LogP contribution in [0.2, 0.25) is 5.02 Å². The van der Waals surface area contributed by atoms with Gasteiger partial charge in [-0.2, -0.15) is 12.7 Å². The number of carbonyl (C=O) groups excluding carboxylic acids is 1. The Labute approximate surface area is 245 Å². The molecule has 0 aliphatic carbocycles. The lowest BCUT2D eigenvalue weighted by molar-refractivity contribution is -0.143. The summed E-state index contributed by atoms with van der Waals surface area (Å²) in [6.07, 6.45) is 0. The summed E-state index contributed by atoms with van der Waals surface area (Å²) in [5, 5.41) is 0.484. The Hall–Kier alpha value is -3.86. The minimum absolute atomic E-state index is 0.0987. The zero-order chi connectivity index (χ0) is 29.6. The van der Waals surface area contributed by atoms with E-state index in [2.05, 4.69) is 9.71 Å². The molecule has 0 amide bonds. The van der Waals surface area contributed by atoms with Crippen LogP contribution in [-0.4, -0.2) is 36.8 Å². The molecule has 0 radical (unpaired) electrons. The Morgan fingerprint density at radius 2 is 1.80 bits per heavy atom. The molecule has 1 N–H and O–H groups in total. The molecule has 0 bridgehead atoms. The van der Waals surface area contributed by atoms with E-state index in [1.807, 2.05) is 38.1 Å². The molecule has 0 saturated carbocycles. The van der Waals surface area contributed by atoms with Crippen LogP contribution in [0.15, 0.2) is 71.1 Å². The predicted octanol–water partition coefficient (Wildman–Crippen LogP) is 6.22. The second-order valence-electron chi connectivity index (χ2n) is 9.46. The van der Waals surface area contributed by atoms with Crippen LogP contribution < -0.4 is 9.46 Å². The highest BCUT2D eigenvalue weighted by molar-refractivity contribution is 7.90. The fourth-order valence-electron chi connectivity index (χ4n) is 3.99. The normalized spacial score (nSPS) is 11.5. The monoisotopic (exact) mass is 597 g/mol. The molecule has 0 atom stereocenters. The smallest absolute Gasteiger partial charge is 0.321 e. The van der Waals surface area contributed by atoms with Crippen molar-refractivity contribution in [3.8, 4) is 17.2 Å². The average Bonchev–Trinajstić information content (AvgIpc) is 3.29. The van der Waals surface area contributed by atoms with E-state index < -0.39 is 22.7 Å². The lowest BCUT2D eigenvalue weighted by Gasteiger charge is -2.23. The van der Waals surface area contributed by atoms with Gasteiger partial charge >= 0.3 is 16.2 Å². The fourth-order valence-corrected chi connectivity index (χ4v) is 5.45. The van der Waals surface area contributed by atoms with Crippen LogP contribution >= 0.6 is 11.6 Å². The maximum absolute atomic E-state index is 13.4. The first-order valence-corrected chi connectivity index (χ1v) is 14.8. The van der Waals surface area contributed by atoms with E-state index in [-0.39, 0.29) is 19.8 Å². The molecule has 0 saturated heterocycles. The van der Waals surface area contributed by atoms with Crippen LogP contribution in [0.4, 0.5) is 5.69 Å². The van der Waals surface area contributed by atoms with Gasteiger partial charge in [-0.05, 0) is 81.3 Å². The molecule has 11 heteroatoms. The number of carbonyl (C=O) groups is 1. The van der Waals surface area contributed by atoms with Crippen LogP contribution in [0.5, 0.6) is 5.75 Å². The van der Waals surface area contributed by atoms with Gasteiger partial charge in [0.25, 0.3) is 0 Å². The number of rotatable bonds is 12. The van der Waals surface area contributed by atoms with Crippen LogP contribution in [0, 0.1) is 20.8 Å². The molecule has 9 nitrogen and oxygen atoms in total. The molecule has 3 aromatic carbocycles. The lowest BCUT2D eigenvalue weighted by atomic mass is 10.1. The van der Waals surface area contributed by atoms with Crippen LogP contribution in [-0.2, 0) is 32.9 Å². The number of ether oxygens (including phenoxy) is 2. The van der Waals surface area contributed by atoms with Gasteiger partial charge in [-0.3, -0.25) is 9.52 Å². The molecule has 1 aromatic heterocycles. The standard InChI is InChI=1S/C30H32ClN3O6S/c1-5-38-29(35)18-34(41(36,37)33-27-14-13-25(31)15-21(27)3)17-23-7-6-8-26(16-23)39-19-28-22(4)40-30(32-28)24-11-9-20(2)10-12-24/h6-16,33H,5,17-19H2,1-4H3. The average molecular weight is 598 g/mol. The quantitative estimate of drug-likeness (QED) is 0.193. The highest BCUT2D eigenvalue weighted by Crippen LogP contribution is 2.25. The minimum atomic E-state index is -4.15. The van der Waals surface area contributed by atoms with E-state index in [9.17, 15) is 13.2 Å². The summed E-state index contributed by atoms with van der Waals surface area (Å²) in [6.45, 7) is 6.96. The van der Waals surface area contributed by atoms with Crippen molar-refractivity contribution in [2.45, 2.75) is 40.8 Å². The van der Waals surface area contributed by atoms with Crippen molar-refractivity contribution in [2.75, 3.05) is 17.9 Å². The van der Waals surface area contributed by atoms with Gasteiger partial charge in [0.1, 0.15) is 30.4 Å². The summed E-state index contributed by atoms with van der Waals surface area (Å²) in [7, 11) is -4.15. The Bertz CT molecular complexity index is 1620. The van der Waals surface area contributed by atoms with Crippen molar-refractivity contribution in [1.82, 2.24) is 9.29 Å². The molecular formula is C30H32ClN3O6S. The van der Waals surface area contributed by atoms with Gasteiger partial charge in [0.05, 0.1) is 12.3 Å².